The fraction of sp³-hybridized carbons (Fsp3) is 0.786. The second kappa shape index (κ2) is 6.02. The van der Waals surface area contributed by atoms with E-state index in [-0.39, 0.29) is 0 Å². The maximum atomic E-state index is 4.88. The van der Waals surface area contributed by atoms with E-state index in [4.69, 9.17) is 4.98 Å². The molecular formula is C14H25N3S. The van der Waals surface area contributed by atoms with Gasteiger partial charge in [0.25, 0.3) is 0 Å². The van der Waals surface area contributed by atoms with Crippen molar-refractivity contribution in [3.8, 4) is 0 Å². The Morgan fingerprint density at radius 1 is 1.39 bits per heavy atom. The minimum absolute atomic E-state index is 0.516. The number of hydrogen-bond acceptors (Lipinski definition) is 4. The first-order valence-corrected chi connectivity index (χ1v) is 7.82. The minimum atomic E-state index is 0.516. The van der Waals surface area contributed by atoms with E-state index in [1.165, 1.54) is 41.6 Å². The fourth-order valence-electron chi connectivity index (χ4n) is 2.42. The van der Waals surface area contributed by atoms with E-state index in [0.29, 0.717) is 5.92 Å². The molecule has 1 N–H and O–H groups in total. The molecule has 1 aromatic heterocycles. The third kappa shape index (κ3) is 3.04. The maximum absolute atomic E-state index is 4.88. The summed E-state index contributed by atoms with van der Waals surface area (Å²) in [5.74, 6) is 1.39. The summed E-state index contributed by atoms with van der Waals surface area (Å²) in [7, 11) is 2.01. The zero-order valence-electron chi connectivity index (χ0n) is 12.0. The van der Waals surface area contributed by atoms with E-state index in [1.807, 2.05) is 18.4 Å². The van der Waals surface area contributed by atoms with Crippen LogP contribution in [0.1, 0.15) is 50.1 Å². The van der Waals surface area contributed by atoms with E-state index in [2.05, 4.69) is 31.0 Å². The Bertz CT molecular complexity index is 378. The van der Waals surface area contributed by atoms with Crippen LogP contribution in [0.4, 0.5) is 5.13 Å². The summed E-state index contributed by atoms with van der Waals surface area (Å²) < 4.78 is 0. The molecule has 1 aromatic rings. The van der Waals surface area contributed by atoms with Crippen LogP contribution in [0.5, 0.6) is 0 Å². The van der Waals surface area contributed by atoms with Crippen molar-refractivity contribution in [2.45, 2.75) is 46.1 Å². The first-order valence-electron chi connectivity index (χ1n) is 7.01. The Balaban J connectivity index is 2.15. The molecule has 1 saturated heterocycles. The van der Waals surface area contributed by atoms with Crippen LogP contribution in [0.2, 0.25) is 0 Å². The first kappa shape index (κ1) is 13.8. The Hall–Kier alpha value is -0.610. The Morgan fingerprint density at radius 2 is 2.06 bits per heavy atom. The summed E-state index contributed by atoms with van der Waals surface area (Å²) in [6, 6.07) is 0. The van der Waals surface area contributed by atoms with Crippen molar-refractivity contribution in [3.05, 3.63) is 10.6 Å². The number of anilines is 1. The van der Waals surface area contributed by atoms with E-state index in [9.17, 15) is 0 Å². The van der Waals surface area contributed by atoms with Gasteiger partial charge in [-0.2, -0.15) is 0 Å². The normalized spacial score (nSPS) is 17.7. The summed E-state index contributed by atoms with van der Waals surface area (Å²) in [4.78, 5) is 8.75. The lowest BCUT2D eigenvalue weighted by Crippen LogP contribution is -2.32. The van der Waals surface area contributed by atoms with Crippen molar-refractivity contribution < 1.29 is 0 Å². The van der Waals surface area contributed by atoms with Gasteiger partial charge in [-0.3, -0.25) is 0 Å². The quantitative estimate of drug-likeness (QED) is 0.908. The van der Waals surface area contributed by atoms with Crippen LogP contribution in [0, 0.1) is 5.92 Å². The lowest BCUT2D eigenvalue weighted by atomic mass is 10.00. The molecule has 2 heterocycles. The van der Waals surface area contributed by atoms with Crippen molar-refractivity contribution in [3.63, 3.8) is 0 Å². The first-order chi connectivity index (χ1) is 8.61. The number of piperidine rings is 1. The van der Waals surface area contributed by atoms with Crippen molar-refractivity contribution in [2.24, 2.45) is 5.92 Å². The van der Waals surface area contributed by atoms with Crippen LogP contribution in [0.15, 0.2) is 0 Å². The number of nitrogens with zero attached hydrogens (tertiary/aromatic N) is 2. The molecule has 2 rings (SSSR count). The largest absolute Gasteiger partial charge is 0.348 e. The molecule has 3 nitrogen and oxygen atoms in total. The van der Waals surface area contributed by atoms with Gasteiger partial charge in [-0.1, -0.05) is 20.8 Å². The highest BCUT2D eigenvalue weighted by Crippen LogP contribution is 2.32. The zero-order valence-corrected chi connectivity index (χ0v) is 12.8. The average molecular weight is 267 g/mol. The zero-order chi connectivity index (χ0) is 13.1. The lowest BCUT2D eigenvalue weighted by molar-refractivity contribution is 0.438. The number of thiazole rings is 1. The van der Waals surface area contributed by atoms with Gasteiger partial charge in [0.2, 0.25) is 0 Å². The third-order valence-electron chi connectivity index (χ3n) is 3.65. The number of hydrogen-bond donors (Lipinski definition) is 1. The molecule has 102 valence electrons. The van der Waals surface area contributed by atoms with Gasteiger partial charge in [0.05, 0.1) is 5.69 Å². The molecule has 0 unspecified atom stereocenters. The van der Waals surface area contributed by atoms with Crippen LogP contribution in [0.3, 0.4) is 0 Å². The predicted octanol–water partition coefficient (Wildman–Crippen LogP) is 3.22. The number of nitrogens with one attached hydrogen (secondary N) is 1. The van der Waals surface area contributed by atoms with Gasteiger partial charge in [-0.15, -0.1) is 11.3 Å². The van der Waals surface area contributed by atoms with Crippen molar-refractivity contribution in [1.82, 2.24) is 10.3 Å². The maximum Gasteiger partial charge on any atom is 0.185 e. The van der Waals surface area contributed by atoms with Gasteiger partial charge in [-0.05, 0) is 31.7 Å². The molecule has 0 spiro atoms. The molecule has 0 bridgehead atoms. The van der Waals surface area contributed by atoms with Gasteiger partial charge >= 0.3 is 0 Å². The van der Waals surface area contributed by atoms with Gasteiger partial charge in [0.15, 0.2) is 5.13 Å². The molecule has 1 aliphatic rings. The topological polar surface area (TPSA) is 28.2 Å². The Labute approximate surface area is 115 Å². The van der Waals surface area contributed by atoms with Crippen LogP contribution in [-0.4, -0.2) is 25.1 Å². The second-order valence-corrected chi connectivity index (χ2v) is 6.72. The Morgan fingerprint density at radius 3 is 2.61 bits per heavy atom. The molecule has 1 aliphatic heterocycles. The fourth-order valence-corrected chi connectivity index (χ4v) is 3.70. The predicted molar refractivity (Wildman–Crippen MR) is 79.6 cm³/mol. The smallest absolute Gasteiger partial charge is 0.185 e. The summed E-state index contributed by atoms with van der Waals surface area (Å²) >= 11 is 1.87. The van der Waals surface area contributed by atoms with E-state index < -0.39 is 0 Å². The molecule has 0 amide bonds. The minimum Gasteiger partial charge on any atom is -0.348 e. The average Bonchev–Trinajstić information content (AvgIpc) is 2.75. The molecule has 0 saturated carbocycles. The molecule has 1 fully saturated rings. The van der Waals surface area contributed by atoms with Crippen LogP contribution in [-0.2, 0) is 6.54 Å². The third-order valence-corrected chi connectivity index (χ3v) is 4.79. The van der Waals surface area contributed by atoms with E-state index >= 15 is 0 Å². The van der Waals surface area contributed by atoms with Crippen LogP contribution < -0.4 is 10.2 Å². The monoisotopic (exact) mass is 267 g/mol. The molecule has 18 heavy (non-hydrogen) atoms. The van der Waals surface area contributed by atoms with Crippen LogP contribution in [0.25, 0.3) is 0 Å². The van der Waals surface area contributed by atoms with Crippen molar-refractivity contribution in [1.29, 1.82) is 0 Å². The van der Waals surface area contributed by atoms with Gasteiger partial charge in [-0.25, -0.2) is 4.98 Å². The van der Waals surface area contributed by atoms with E-state index in [0.717, 1.165) is 12.5 Å². The molecule has 0 aliphatic carbocycles. The summed E-state index contributed by atoms with van der Waals surface area (Å²) in [5, 5.41) is 4.49. The summed E-state index contributed by atoms with van der Waals surface area (Å²) in [5.41, 5.74) is 1.28. The summed E-state index contributed by atoms with van der Waals surface area (Å²) in [6.07, 6.45) is 2.61. The number of aromatic nitrogens is 1. The van der Waals surface area contributed by atoms with Crippen molar-refractivity contribution >= 4 is 16.5 Å². The highest BCUT2D eigenvalue weighted by molar-refractivity contribution is 7.15. The van der Waals surface area contributed by atoms with Gasteiger partial charge in [0.1, 0.15) is 0 Å². The molecule has 0 radical (unpaired) electrons. The lowest BCUT2D eigenvalue weighted by Gasteiger charge is -2.29. The molecule has 0 aromatic carbocycles. The van der Waals surface area contributed by atoms with Crippen molar-refractivity contribution in [2.75, 3.05) is 25.0 Å². The standard InChI is InChI=1S/C14H25N3S/c1-10(2)13-12(9-15-4)18-14(16-13)17-7-5-11(3)6-8-17/h10-11,15H,5-9H2,1-4H3. The molecule has 0 atom stereocenters. The SMILES string of the molecule is CNCc1sc(N2CCC(C)CC2)nc1C(C)C. The van der Waals surface area contributed by atoms with Gasteiger partial charge < -0.3 is 10.2 Å². The van der Waals surface area contributed by atoms with Gasteiger partial charge in [0, 0.05) is 24.5 Å². The van der Waals surface area contributed by atoms with E-state index in [1.54, 1.807) is 0 Å². The highest BCUT2D eigenvalue weighted by atomic mass is 32.1. The highest BCUT2D eigenvalue weighted by Gasteiger charge is 2.21. The molecule has 4 heteroatoms. The summed E-state index contributed by atoms with van der Waals surface area (Å²) in [6.45, 7) is 10.1. The Kier molecular flexibility index (Phi) is 4.62. The number of rotatable bonds is 4. The van der Waals surface area contributed by atoms with Crippen LogP contribution >= 0.6 is 11.3 Å². The second-order valence-electron chi connectivity index (χ2n) is 5.66. The molecular weight excluding hydrogens is 242 g/mol.